The van der Waals surface area contributed by atoms with Gasteiger partial charge in [-0.05, 0) is 41.8 Å². The summed E-state index contributed by atoms with van der Waals surface area (Å²) in [6.45, 7) is 0.445. The molecule has 0 spiro atoms. The molecule has 0 radical (unpaired) electrons. The number of nitrogens with one attached hydrogen (secondary N) is 2. The lowest BCUT2D eigenvalue weighted by molar-refractivity contribution is -0.121. The minimum atomic E-state index is 0.0225. The Kier molecular flexibility index (Phi) is 5.23. The lowest BCUT2D eigenvalue weighted by atomic mass is 10.1. The number of H-pyrrole nitrogens is 1. The van der Waals surface area contributed by atoms with Crippen LogP contribution in [0.3, 0.4) is 0 Å². The summed E-state index contributed by atoms with van der Waals surface area (Å²) >= 11 is 0. The van der Waals surface area contributed by atoms with Gasteiger partial charge in [-0.3, -0.25) is 4.79 Å². The average Bonchev–Trinajstić information content (AvgIpc) is 3.13. The van der Waals surface area contributed by atoms with E-state index in [2.05, 4.69) is 16.4 Å². The lowest BCUT2D eigenvalue weighted by Gasteiger charge is -2.10. The van der Waals surface area contributed by atoms with Gasteiger partial charge in [-0.15, -0.1) is 0 Å². The van der Waals surface area contributed by atoms with Gasteiger partial charge < -0.3 is 19.8 Å². The summed E-state index contributed by atoms with van der Waals surface area (Å²) in [6.07, 6.45) is 3.08. The van der Waals surface area contributed by atoms with Crippen LogP contribution >= 0.6 is 0 Å². The van der Waals surface area contributed by atoms with Gasteiger partial charge in [0.15, 0.2) is 0 Å². The van der Waals surface area contributed by atoms with E-state index < -0.39 is 0 Å². The van der Waals surface area contributed by atoms with Crippen molar-refractivity contribution in [3.05, 3.63) is 59.8 Å². The van der Waals surface area contributed by atoms with E-state index in [0.717, 1.165) is 11.1 Å². The quantitative estimate of drug-likeness (QED) is 0.694. The average molecular weight is 338 g/mol. The number of hydrogen-bond donors (Lipinski definition) is 2. The van der Waals surface area contributed by atoms with Gasteiger partial charge in [-0.1, -0.05) is 12.1 Å². The molecular weight excluding hydrogens is 316 g/mol. The molecular formula is C20H22N2O3. The zero-order valence-corrected chi connectivity index (χ0v) is 14.5. The Labute approximate surface area is 147 Å². The summed E-state index contributed by atoms with van der Waals surface area (Å²) in [5.74, 6) is 1.44. The van der Waals surface area contributed by atoms with Gasteiger partial charge >= 0.3 is 0 Å². The Morgan fingerprint density at radius 2 is 1.84 bits per heavy atom. The van der Waals surface area contributed by atoms with Gasteiger partial charge in [0.05, 0.1) is 14.2 Å². The van der Waals surface area contributed by atoms with Gasteiger partial charge in [0.1, 0.15) is 11.5 Å². The van der Waals surface area contributed by atoms with E-state index in [1.165, 1.54) is 10.9 Å². The van der Waals surface area contributed by atoms with Crippen molar-refractivity contribution in [2.24, 2.45) is 0 Å². The SMILES string of the molecule is COc1cc(CNC(=O)CCc2cccc3[nH]ccc23)cc(OC)c1. The van der Waals surface area contributed by atoms with E-state index in [-0.39, 0.29) is 5.91 Å². The predicted octanol–water partition coefficient (Wildman–Crippen LogP) is 3.43. The highest BCUT2D eigenvalue weighted by molar-refractivity contribution is 5.84. The highest BCUT2D eigenvalue weighted by Crippen LogP contribution is 2.22. The molecule has 1 amide bonds. The molecule has 0 saturated heterocycles. The van der Waals surface area contributed by atoms with Crippen LogP contribution in [-0.4, -0.2) is 25.1 Å². The van der Waals surface area contributed by atoms with Crippen molar-refractivity contribution in [2.45, 2.75) is 19.4 Å². The minimum Gasteiger partial charge on any atom is -0.497 e. The van der Waals surface area contributed by atoms with E-state index >= 15 is 0 Å². The number of methoxy groups -OCH3 is 2. The van der Waals surface area contributed by atoms with E-state index in [0.29, 0.717) is 30.9 Å². The fourth-order valence-electron chi connectivity index (χ4n) is 2.87. The van der Waals surface area contributed by atoms with Crippen molar-refractivity contribution in [2.75, 3.05) is 14.2 Å². The second kappa shape index (κ2) is 7.75. The third-order valence-corrected chi connectivity index (χ3v) is 4.21. The maximum Gasteiger partial charge on any atom is 0.220 e. The Morgan fingerprint density at radius 1 is 1.08 bits per heavy atom. The molecule has 0 saturated carbocycles. The molecule has 0 aliphatic heterocycles. The van der Waals surface area contributed by atoms with Gasteiger partial charge in [0.2, 0.25) is 5.91 Å². The normalized spacial score (nSPS) is 10.6. The minimum absolute atomic E-state index is 0.0225. The molecule has 2 N–H and O–H groups in total. The molecule has 0 atom stereocenters. The van der Waals surface area contributed by atoms with Crippen LogP contribution in [0.2, 0.25) is 0 Å². The number of rotatable bonds is 7. The number of ether oxygens (including phenoxy) is 2. The predicted molar refractivity (Wildman–Crippen MR) is 98.0 cm³/mol. The Morgan fingerprint density at radius 3 is 2.56 bits per heavy atom. The first kappa shape index (κ1) is 16.9. The monoisotopic (exact) mass is 338 g/mol. The van der Waals surface area contributed by atoms with Crippen molar-refractivity contribution in [3.63, 3.8) is 0 Å². The molecule has 0 unspecified atom stereocenters. The number of aromatic amines is 1. The number of carbonyl (C=O) groups is 1. The molecule has 0 bridgehead atoms. The summed E-state index contributed by atoms with van der Waals surface area (Å²) in [5.41, 5.74) is 3.22. The van der Waals surface area contributed by atoms with Crippen molar-refractivity contribution >= 4 is 16.8 Å². The highest BCUT2D eigenvalue weighted by atomic mass is 16.5. The van der Waals surface area contributed by atoms with Gasteiger partial charge in [-0.2, -0.15) is 0 Å². The van der Waals surface area contributed by atoms with Crippen LogP contribution in [0, 0.1) is 0 Å². The van der Waals surface area contributed by atoms with Crippen molar-refractivity contribution in [1.29, 1.82) is 0 Å². The Hall–Kier alpha value is -2.95. The second-order valence-electron chi connectivity index (χ2n) is 5.85. The molecule has 2 aromatic carbocycles. The first-order chi connectivity index (χ1) is 12.2. The summed E-state index contributed by atoms with van der Waals surface area (Å²) in [7, 11) is 3.22. The number of amides is 1. The van der Waals surface area contributed by atoms with Crippen LogP contribution in [0.1, 0.15) is 17.5 Å². The standard InChI is InChI=1S/C20H22N2O3/c1-24-16-10-14(11-17(12-16)25-2)13-22-20(23)7-6-15-4-3-5-19-18(15)8-9-21-19/h3-5,8-12,21H,6-7,13H2,1-2H3,(H,22,23). The number of aryl methyl sites for hydroxylation is 1. The maximum atomic E-state index is 12.2. The molecule has 1 aromatic heterocycles. The second-order valence-corrected chi connectivity index (χ2v) is 5.85. The fraction of sp³-hybridized carbons (Fsp3) is 0.250. The van der Waals surface area contributed by atoms with Gasteiger partial charge in [-0.25, -0.2) is 0 Å². The largest absolute Gasteiger partial charge is 0.497 e. The van der Waals surface area contributed by atoms with Crippen LogP contribution in [0.4, 0.5) is 0 Å². The smallest absolute Gasteiger partial charge is 0.220 e. The number of benzene rings is 2. The molecule has 130 valence electrons. The number of hydrogen-bond acceptors (Lipinski definition) is 3. The molecule has 0 aliphatic rings. The van der Waals surface area contributed by atoms with Crippen molar-refractivity contribution in [1.82, 2.24) is 10.3 Å². The number of aromatic nitrogens is 1. The molecule has 3 aromatic rings. The first-order valence-corrected chi connectivity index (χ1v) is 8.23. The van der Waals surface area contributed by atoms with Crippen molar-refractivity contribution in [3.8, 4) is 11.5 Å². The van der Waals surface area contributed by atoms with Gasteiger partial charge in [0.25, 0.3) is 0 Å². The molecule has 1 heterocycles. The maximum absolute atomic E-state index is 12.2. The van der Waals surface area contributed by atoms with Crippen molar-refractivity contribution < 1.29 is 14.3 Å². The van der Waals surface area contributed by atoms with E-state index in [4.69, 9.17) is 9.47 Å². The molecule has 3 rings (SSSR count). The summed E-state index contributed by atoms with van der Waals surface area (Å²) in [5, 5.41) is 4.13. The molecule has 5 nitrogen and oxygen atoms in total. The zero-order valence-electron chi connectivity index (χ0n) is 14.5. The topological polar surface area (TPSA) is 63.3 Å². The molecule has 25 heavy (non-hydrogen) atoms. The van der Waals surface area contributed by atoms with E-state index in [1.54, 1.807) is 14.2 Å². The van der Waals surface area contributed by atoms with Crippen LogP contribution in [0.5, 0.6) is 11.5 Å². The number of fused-ring (bicyclic) bond motifs is 1. The molecule has 0 fully saturated rings. The molecule has 0 aliphatic carbocycles. The summed E-state index contributed by atoms with van der Waals surface area (Å²) < 4.78 is 10.5. The fourth-order valence-corrected chi connectivity index (χ4v) is 2.87. The third kappa shape index (κ3) is 4.12. The Balaban J connectivity index is 1.57. The first-order valence-electron chi connectivity index (χ1n) is 8.23. The lowest BCUT2D eigenvalue weighted by Crippen LogP contribution is -2.23. The molecule has 5 heteroatoms. The van der Waals surface area contributed by atoms with Crippen LogP contribution in [-0.2, 0) is 17.8 Å². The highest BCUT2D eigenvalue weighted by Gasteiger charge is 2.07. The number of carbonyl (C=O) groups excluding carboxylic acids is 1. The van der Waals surface area contributed by atoms with Crippen LogP contribution < -0.4 is 14.8 Å². The zero-order chi connectivity index (χ0) is 17.6. The Bertz CT molecular complexity index is 848. The van der Waals surface area contributed by atoms with Crippen LogP contribution in [0.25, 0.3) is 10.9 Å². The summed E-state index contributed by atoms with van der Waals surface area (Å²) in [6, 6.07) is 13.8. The van der Waals surface area contributed by atoms with Crippen LogP contribution in [0.15, 0.2) is 48.7 Å². The van der Waals surface area contributed by atoms with E-state index in [9.17, 15) is 4.79 Å². The van der Waals surface area contributed by atoms with E-state index in [1.807, 2.05) is 42.6 Å². The summed E-state index contributed by atoms with van der Waals surface area (Å²) in [4.78, 5) is 15.4. The van der Waals surface area contributed by atoms with Gasteiger partial charge in [0, 0.05) is 36.1 Å². The third-order valence-electron chi connectivity index (χ3n) is 4.21.